The Labute approximate surface area is 140 Å². The van der Waals surface area contributed by atoms with Crippen molar-refractivity contribution < 1.29 is 4.79 Å². The number of hydrogen-bond donors (Lipinski definition) is 1. The lowest BCUT2D eigenvalue weighted by atomic mass is 10.1. The van der Waals surface area contributed by atoms with E-state index in [9.17, 15) is 4.79 Å². The van der Waals surface area contributed by atoms with Gasteiger partial charge in [0.05, 0.1) is 11.1 Å². The van der Waals surface area contributed by atoms with Crippen LogP contribution in [0, 0.1) is 5.92 Å². The average molecular weight is 333 g/mol. The van der Waals surface area contributed by atoms with Gasteiger partial charge in [-0.05, 0) is 37.4 Å². The molecule has 0 aliphatic carbocycles. The number of nitrogens with zero attached hydrogens (tertiary/aromatic N) is 4. The Bertz CT molecular complexity index is 678. The molecule has 23 heavy (non-hydrogen) atoms. The third kappa shape index (κ3) is 3.79. The Balaban J connectivity index is 1.68. The third-order valence-corrected chi connectivity index (χ3v) is 5.17. The molecule has 0 bridgehead atoms. The van der Waals surface area contributed by atoms with Gasteiger partial charge in [0.25, 0.3) is 5.91 Å². The van der Waals surface area contributed by atoms with Crippen LogP contribution in [0.25, 0.3) is 0 Å². The van der Waals surface area contributed by atoms with E-state index in [-0.39, 0.29) is 5.91 Å². The fourth-order valence-corrected chi connectivity index (χ4v) is 4.14. The Morgan fingerprint density at radius 3 is 3.00 bits per heavy atom. The zero-order valence-electron chi connectivity index (χ0n) is 13.8. The number of hydrogen-bond acceptors (Lipinski definition) is 5. The Hall–Kier alpha value is -1.73. The molecule has 0 radical (unpaired) electrons. The zero-order valence-corrected chi connectivity index (χ0v) is 14.6. The Kier molecular flexibility index (Phi) is 4.77. The molecular formula is C16H23N5OS. The van der Waals surface area contributed by atoms with Crippen LogP contribution in [0.4, 0.5) is 5.82 Å². The van der Waals surface area contributed by atoms with Crippen LogP contribution in [-0.2, 0) is 7.05 Å². The van der Waals surface area contributed by atoms with Crippen molar-refractivity contribution >= 4 is 23.1 Å². The largest absolute Gasteiger partial charge is 0.303 e. The Morgan fingerprint density at radius 1 is 1.48 bits per heavy atom. The van der Waals surface area contributed by atoms with Gasteiger partial charge in [0.1, 0.15) is 0 Å². The number of anilines is 1. The van der Waals surface area contributed by atoms with Gasteiger partial charge < -0.3 is 5.32 Å². The number of nitrogens with one attached hydrogen (secondary N) is 1. The first-order chi connectivity index (χ1) is 11.0. The minimum Gasteiger partial charge on any atom is -0.303 e. The lowest BCUT2D eigenvalue weighted by Crippen LogP contribution is -2.26. The van der Waals surface area contributed by atoms with Crippen LogP contribution in [-0.4, -0.2) is 38.9 Å². The van der Waals surface area contributed by atoms with Crippen molar-refractivity contribution in [2.45, 2.75) is 32.7 Å². The van der Waals surface area contributed by atoms with Gasteiger partial charge in [-0.2, -0.15) is 9.90 Å². The normalized spacial score (nSPS) is 18.7. The van der Waals surface area contributed by atoms with Crippen LogP contribution >= 0.6 is 11.3 Å². The molecule has 1 N–H and O–H groups in total. The van der Waals surface area contributed by atoms with E-state index < -0.39 is 0 Å². The number of likely N-dealkylation sites (tertiary alicyclic amines) is 1. The summed E-state index contributed by atoms with van der Waals surface area (Å²) in [4.78, 5) is 18.3. The summed E-state index contributed by atoms with van der Waals surface area (Å²) in [5, 5.41) is 10.8. The van der Waals surface area contributed by atoms with E-state index in [0.29, 0.717) is 17.8 Å². The van der Waals surface area contributed by atoms with Crippen LogP contribution < -0.4 is 5.32 Å². The fourth-order valence-electron chi connectivity index (χ4n) is 3.07. The molecule has 1 atom stereocenters. The average Bonchev–Trinajstić information content (AvgIpc) is 3.18. The number of carbonyl (C=O) groups is 1. The van der Waals surface area contributed by atoms with E-state index in [1.807, 2.05) is 6.07 Å². The SMILES string of the molecule is CC(C)CN1CCC[C@H]1c1ccc(C(=O)Nc2cnn(C)n2)s1. The molecule has 3 heterocycles. The first kappa shape index (κ1) is 16.1. The van der Waals surface area contributed by atoms with Crippen molar-refractivity contribution in [2.75, 3.05) is 18.4 Å². The van der Waals surface area contributed by atoms with E-state index in [1.54, 1.807) is 24.6 Å². The van der Waals surface area contributed by atoms with Crippen LogP contribution in [0.1, 0.15) is 47.3 Å². The lowest BCUT2D eigenvalue weighted by molar-refractivity contribution is 0.103. The third-order valence-electron chi connectivity index (χ3n) is 3.98. The number of amides is 1. The number of rotatable bonds is 5. The quantitative estimate of drug-likeness (QED) is 0.914. The van der Waals surface area contributed by atoms with Crippen LogP contribution in [0.3, 0.4) is 0 Å². The predicted octanol–water partition coefficient (Wildman–Crippen LogP) is 2.92. The second-order valence-corrected chi connectivity index (χ2v) is 7.54. The molecule has 124 valence electrons. The molecule has 0 saturated carbocycles. The van der Waals surface area contributed by atoms with Gasteiger partial charge in [-0.1, -0.05) is 13.8 Å². The van der Waals surface area contributed by atoms with E-state index in [2.05, 4.69) is 40.3 Å². The van der Waals surface area contributed by atoms with Gasteiger partial charge in [0.2, 0.25) is 0 Å². The summed E-state index contributed by atoms with van der Waals surface area (Å²) in [6.07, 6.45) is 3.96. The summed E-state index contributed by atoms with van der Waals surface area (Å²) in [5.41, 5.74) is 0. The van der Waals surface area contributed by atoms with E-state index in [1.165, 1.54) is 22.5 Å². The van der Waals surface area contributed by atoms with E-state index >= 15 is 0 Å². The number of thiophene rings is 1. The summed E-state index contributed by atoms with van der Waals surface area (Å²) in [6.45, 7) is 6.78. The minimum absolute atomic E-state index is 0.116. The highest BCUT2D eigenvalue weighted by atomic mass is 32.1. The molecule has 7 heteroatoms. The predicted molar refractivity (Wildman–Crippen MR) is 91.7 cm³/mol. The second kappa shape index (κ2) is 6.80. The standard InChI is InChI=1S/C16H23N5OS/c1-11(2)10-21-8-4-5-12(21)13-6-7-14(23-13)16(22)18-15-9-17-20(3)19-15/h6-7,9,11-12H,4-5,8,10H2,1-3H3,(H,18,19,22)/t12-/m0/s1. The molecule has 1 amide bonds. The summed E-state index contributed by atoms with van der Waals surface area (Å²) in [7, 11) is 1.72. The Morgan fingerprint density at radius 2 is 2.30 bits per heavy atom. The van der Waals surface area contributed by atoms with Crippen molar-refractivity contribution in [1.29, 1.82) is 0 Å². The van der Waals surface area contributed by atoms with Crippen molar-refractivity contribution in [3.63, 3.8) is 0 Å². The lowest BCUT2D eigenvalue weighted by Gasteiger charge is -2.25. The highest BCUT2D eigenvalue weighted by Crippen LogP contribution is 2.36. The van der Waals surface area contributed by atoms with Gasteiger partial charge in [0, 0.05) is 24.5 Å². The maximum atomic E-state index is 12.3. The fraction of sp³-hybridized carbons (Fsp3) is 0.562. The maximum Gasteiger partial charge on any atom is 0.266 e. The van der Waals surface area contributed by atoms with Crippen molar-refractivity contribution in [3.8, 4) is 0 Å². The zero-order chi connectivity index (χ0) is 16.4. The summed E-state index contributed by atoms with van der Waals surface area (Å²) >= 11 is 1.59. The van der Waals surface area contributed by atoms with E-state index in [0.717, 1.165) is 18.0 Å². The smallest absolute Gasteiger partial charge is 0.266 e. The first-order valence-electron chi connectivity index (χ1n) is 8.04. The maximum absolute atomic E-state index is 12.3. The molecule has 1 fully saturated rings. The summed E-state index contributed by atoms with van der Waals surface area (Å²) in [5.74, 6) is 1.03. The van der Waals surface area contributed by atoms with Gasteiger partial charge >= 0.3 is 0 Å². The van der Waals surface area contributed by atoms with Gasteiger partial charge in [-0.25, -0.2) is 0 Å². The first-order valence-corrected chi connectivity index (χ1v) is 8.86. The van der Waals surface area contributed by atoms with Crippen LogP contribution in [0.5, 0.6) is 0 Å². The monoisotopic (exact) mass is 333 g/mol. The highest BCUT2D eigenvalue weighted by Gasteiger charge is 2.28. The molecule has 0 spiro atoms. The van der Waals surface area contributed by atoms with Gasteiger partial charge in [-0.15, -0.1) is 16.4 Å². The van der Waals surface area contributed by atoms with Crippen molar-refractivity contribution in [2.24, 2.45) is 13.0 Å². The molecule has 3 rings (SSSR count). The minimum atomic E-state index is -0.116. The molecule has 2 aromatic heterocycles. The molecule has 1 aliphatic heterocycles. The topological polar surface area (TPSA) is 63.1 Å². The van der Waals surface area contributed by atoms with Crippen LogP contribution in [0.15, 0.2) is 18.3 Å². The number of aryl methyl sites for hydroxylation is 1. The molecule has 2 aromatic rings. The molecule has 1 aliphatic rings. The molecule has 1 saturated heterocycles. The van der Waals surface area contributed by atoms with Gasteiger partial charge in [-0.3, -0.25) is 9.69 Å². The molecule has 6 nitrogen and oxygen atoms in total. The van der Waals surface area contributed by atoms with Crippen molar-refractivity contribution in [3.05, 3.63) is 28.1 Å². The number of carbonyl (C=O) groups excluding carboxylic acids is 1. The van der Waals surface area contributed by atoms with Gasteiger partial charge in [0.15, 0.2) is 5.82 Å². The molecule has 0 aromatic carbocycles. The number of aromatic nitrogens is 3. The van der Waals surface area contributed by atoms with Crippen LogP contribution in [0.2, 0.25) is 0 Å². The second-order valence-electron chi connectivity index (χ2n) is 6.42. The van der Waals surface area contributed by atoms with E-state index in [4.69, 9.17) is 0 Å². The highest BCUT2D eigenvalue weighted by molar-refractivity contribution is 7.14. The summed E-state index contributed by atoms with van der Waals surface area (Å²) < 4.78 is 0. The molecule has 0 unspecified atom stereocenters. The summed E-state index contributed by atoms with van der Waals surface area (Å²) in [6, 6.07) is 4.47. The molecular weight excluding hydrogens is 310 g/mol. The van der Waals surface area contributed by atoms with Crippen molar-refractivity contribution in [1.82, 2.24) is 19.9 Å².